The number of nitrogens with zero attached hydrogens (tertiary/aromatic N) is 4. The molecule has 0 fully saturated rings. The molecule has 0 aliphatic heterocycles. The Hall–Kier alpha value is -3.65. The lowest BCUT2D eigenvalue weighted by Gasteiger charge is -2.11. The van der Waals surface area contributed by atoms with Crippen LogP contribution in [0.25, 0.3) is 38.9 Å². The van der Waals surface area contributed by atoms with Crippen LogP contribution in [0, 0.1) is 11.6 Å². The molecule has 0 saturated heterocycles. The van der Waals surface area contributed by atoms with E-state index in [1.54, 1.807) is 10.9 Å². The SMILES string of the molecule is CSNc1cc(-c2ccc(F)cc2F)cc(-c2cnn3cc(-c4cnn(C)c4)ccc23)c1. The molecule has 0 atom stereocenters. The minimum Gasteiger partial charge on any atom is -0.330 e. The van der Waals surface area contributed by atoms with Crippen LogP contribution in [-0.2, 0) is 7.05 Å². The van der Waals surface area contributed by atoms with Gasteiger partial charge in [-0.05, 0) is 47.5 Å². The van der Waals surface area contributed by atoms with E-state index in [0.29, 0.717) is 11.1 Å². The molecule has 0 spiro atoms. The summed E-state index contributed by atoms with van der Waals surface area (Å²) in [5.74, 6) is -1.20. The largest absolute Gasteiger partial charge is 0.330 e. The van der Waals surface area contributed by atoms with Crippen molar-refractivity contribution < 1.29 is 8.78 Å². The number of anilines is 1. The third kappa shape index (κ3) is 3.73. The summed E-state index contributed by atoms with van der Waals surface area (Å²) in [5, 5.41) is 8.76. The van der Waals surface area contributed by atoms with E-state index in [0.717, 1.165) is 39.5 Å². The predicted octanol–water partition coefficient (Wildman–Crippen LogP) is 6.04. The van der Waals surface area contributed by atoms with Crippen LogP contribution in [0.5, 0.6) is 0 Å². The van der Waals surface area contributed by atoms with Gasteiger partial charge >= 0.3 is 0 Å². The Morgan fingerprint density at radius 1 is 0.812 bits per heavy atom. The minimum atomic E-state index is -0.600. The van der Waals surface area contributed by atoms with Crippen molar-refractivity contribution in [2.75, 3.05) is 11.0 Å². The number of pyridine rings is 1. The zero-order valence-corrected chi connectivity index (χ0v) is 18.2. The first-order valence-corrected chi connectivity index (χ1v) is 11.1. The lowest BCUT2D eigenvalue weighted by molar-refractivity contribution is 0.585. The van der Waals surface area contributed by atoms with Crippen LogP contribution < -0.4 is 4.72 Å². The predicted molar refractivity (Wildman–Crippen MR) is 125 cm³/mol. The molecule has 5 aromatic rings. The molecule has 0 saturated carbocycles. The van der Waals surface area contributed by atoms with Gasteiger partial charge in [-0.2, -0.15) is 10.2 Å². The van der Waals surface area contributed by atoms with Gasteiger partial charge in [0.1, 0.15) is 11.6 Å². The van der Waals surface area contributed by atoms with Crippen molar-refractivity contribution in [2.24, 2.45) is 7.05 Å². The maximum atomic E-state index is 14.5. The van der Waals surface area contributed by atoms with Crippen molar-refractivity contribution in [2.45, 2.75) is 0 Å². The fourth-order valence-corrected chi connectivity index (χ4v) is 4.14. The number of halogens is 2. The van der Waals surface area contributed by atoms with Gasteiger partial charge in [0.05, 0.1) is 17.9 Å². The molecule has 3 aromatic heterocycles. The molecular weight excluding hydrogens is 428 g/mol. The molecule has 0 bridgehead atoms. The maximum absolute atomic E-state index is 14.5. The van der Waals surface area contributed by atoms with E-state index in [4.69, 9.17) is 0 Å². The summed E-state index contributed by atoms with van der Waals surface area (Å²) in [4.78, 5) is 0. The van der Waals surface area contributed by atoms with Gasteiger partial charge < -0.3 is 4.72 Å². The topological polar surface area (TPSA) is 47.1 Å². The number of benzene rings is 2. The van der Waals surface area contributed by atoms with Crippen molar-refractivity contribution in [3.8, 4) is 33.4 Å². The van der Waals surface area contributed by atoms with Gasteiger partial charge in [0.2, 0.25) is 0 Å². The van der Waals surface area contributed by atoms with E-state index in [9.17, 15) is 8.78 Å². The van der Waals surface area contributed by atoms with E-state index in [1.165, 1.54) is 24.1 Å². The summed E-state index contributed by atoms with van der Waals surface area (Å²) >= 11 is 1.44. The number of rotatable bonds is 5. The van der Waals surface area contributed by atoms with Gasteiger partial charge in [0.15, 0.2) is 0 Å². The molecule has 2 aromatic carbocycles. The Morgan fingerprint density at radius 3 is 2.34 bits per heavy atom. The van der Waals surface area contributed by atoms with Crippen molar-refractivity contribution in [1.29, 1.82) is 0 Å². The first kappa shape index (κ1) is 20.3. The highest BCUT2D eigenvalue weighted by molar-refractivity contribution is 7.99. The second kappa shape index (κ2) is 8.12. The number of hydrogen-bond donors (Lipinski definition) is 1. The highest BCUT2D eigenvalue weighted by Gasteiger charge is 2.14. The molecule has 0 aliphatic carbocycles. The molecule has 160 valence electrons. The first-order chi connectivity index (χ1) is 15.5. The molecule has 1 N–H and O–H groups in total. The fraction of sp³-hybridized carbons (Fsp3) is 0.0833. The number of aryl methyl sites for hydroxylation is 1. The van der Waals surface area contributed by atoms with E-state index in [1.807, 2.05) is 66.7 Å². The molecule has 0 aliphatic rings. The lowest BCUT2D eigenvalue weighted by atomic mass is 9.98. The Labute approximate surface area is 187 Å². The number of hydrogen-bond acceptors (Lipinski definition) is 4. The van der Waals surface area contributed by atoms with Gasteiger partial charge in [0.25, 0.3) is 0 Å². The van der Waals surface area contributed by atoms with Crippen LogP contribution >= 0.6 is 11.9 Å². The van der Waals surface area contributed by atoms with E-state index >= 15 is 0 Å². The summed E-state index contributed by atoms with van der Waals surface area (Å²) in [6.45, 7) is 0. The van der Waals surface area contributed by atoms with Gasteiger partial charge in [-0.25, -0.2) is 13.3 Å². The Balaban J connectivity index is 1.62. The average Bonchev–Trinajstić information content (AvgIpc) is 3.39. The molecule has 5 nitrogen and oxygen atoms in total. The number of nitrogens with one attached hydrogen (secondary N) is 1. The van der Waals surface area contributed by atoms with E-state index < -0.39 is 11.6 Å². The molecule has 8 heteroatoms. The molecule has 0 unspecified atom stereocenters. The number of aromatic nitrogens is 4. The first-order valence-electron chi connectivity index (χ1n) is 9.88. The molecule has 0 radical (unpaired) electrons. The summed E-state index contributed by atoms with van der Waals surface area (Å²) in [6, 6.07) is 13.4. The Bertz CT molecular complexity index is 1440. The second-order valence-corrected chi connectivity index (χ2v) is 8.05. The normalized spacial score (nSPS) is 11.2. The van der Waals surface area contributed by atoms with Crippen LogP contribution in [0.3, 0.4) is 0 Å². The van der Waals surface area contributed by atoms with Gasteiger partial charge in [0, 0.05) is 59.7 Å². The zero-order chi connectivity index (χ0) is 22.2. The Morgan fingerprint density at radius 2 is 1.62 bits per heavy atom. The average molecular weight is 448 g/mol. The van der Waals surface area contributed by atoms with Gasteiger partial charge in [-0.15, -0.1) is 0 Å². The van der Waals surface area contributed by atoms with Gasteiger partial charge in [-0.3, -0.25) is 4.68 Å². The smallest absolute Gasteiger partial charge is 0.133 e. The third-order valence-electron chi connectivity index (χ3n) is 5.26. The van der Waals surface area contributed by atoms with Crippen LogP contribution in [0.2, 0.25) is 0 Å². The van der Waals surface area contributed by atoms with Crippen molar-refractivity contribution in [1.82, 2.24) is 19.4 Å². The summed E-state index contributed by atoms with van der Waals surface area (Å²) in [7, 11) is 1.88. The number of fused-ring (bicyclic) bond motifs is 1. The standard InChI is InChI=1S/C24H19F2N5S/c1-30-13-18(11-27-30)15-3-6-24-22(12-28-31(24)14-15)17-7-16(8-20(9-17)29-32-2)21-5-4-19(25)10-23(21)26/h3-14,29H,1-2H3. The van der Waals surface area contributed by atoms with Crippen LogP contribution in [0.1, 0.15) is 0 Å². The molecular formula is C24H19F2N5S. The third-order valence-corrected chi connectivity index (χ3v) is 5.70. The van der Waals surface area contributed by atoms with Crippen LogP contribution in [0.15, 0.2) is 73.3 Å². The van der Waals surface area contributed by atoms with Crippen molar-refractivity contribution in [3.63, 3.8) is 0 Å². The summed E-state index contributed by atoms with van der Waals surface area (Å²) in [5.41, 5.74) is 6.54. The van der Waals surface area contributed by atoms with E-state index in [-0.39, 0.29) is 0 Å². The molecule has 3 heterocycles. The van der Waals surface area contributed by atoms with Crippen molar-refractivity contribution in [3.05, 3.63) is 85.0 Å². The zero-order valence-electron chi connectivity index (χ0n) is 17.4. The van der Waals surface area contributed by atoms with E-state index in [2.05, 4.69) is 14.9 Å². The van der Waals surface area contributed by atoms with Gasteiger partial charge in [-0.1, -0.05) is 18.0 Å². The maximum Gasteiger partial charge on any atom is 0.133 e. The molecule has 32 heavy (non-hydrogen) atoms. The lowest BCUT2D eigenvalue weighted by Crippen LogP contribution is -1.92. The summed E-state index contributed by atoms with van der Waals surface area (Å²) < 4.78 is 34.7. The summed E-state index contributed by atoms with van der Waals surface area (Å²) in [6.07, 6.45) is 9.44. The minimum absolute atomic E-state index is 0.341. The fourth-order valence-electron chi connectivity index (χ4n) is 3.79. The van der Waals surface area contributed by atoms with Crippen LogP contribution in [0.4, 0.5) is 14.5 Å². The second-order valence-electron chi connectivity index (χ2n) is 7.44. The Kier molecular flexibility index (Phi) is 5.14. The quantitative estimate of drug-likeness (QED) is 0.334. The van der Waals surface area contributed by atoms with Crippen LogP contribution in [-0.4, -0.2) is 25.7 Å². The monoisotopic (exact) mass is 447 g/mol. The molecule has 0 amide bonds. The molecule has 5 rings (SSSR count). The van der Waals surface area contributed by atoms with Crippen molar-refractivity contribution >= 4 is 23.2 Å². The highest BCUT2D eigenvalue weighted by Crippen LogP contribution is 2.35. The highest BCUT2D eigenvalue weighted by atomic mass is 32.2.